The number of nitro groups is 1. The summed E-state index contributed by atoms with van der Waals surface area (Å²) in [6, 6.07) is 10.1. The average molecular weight is 337 g/mol. The third kappa shape index (κ3) is 4.04. The molecular weight excluding hydrogens is 323 g/mol. The summed E-state index contributed by atoms with van der Waals surface area (Å²) in [5.41, 5.74) is 0.642. The highest BCUT2D eigenvalue weighted by atomic mass is 35.5. The van der Waals surface area contributed by atoms with Crippen LogP contribution in [-0.4, -0.2) is 17.4 Å². The molecule has 1 N–H and O–H groups in total. The van der Waals surface area contributed by atoms with Crippen LogP contribution in [0, 0.1) is 15.9 Å². The van der Waals surface area contributed by atoms with Crippen LogP contribution in [0.1, 0.15) is 28.8 Å². The Morgan fingerprint density at radius 2 is 1.96 bits per heavy atom. The third-order valence-electron chi connectivity index (χ3n) is 3.43. The molecule has 0 spiro atoms. The molecule has 0 aliphatic carbocycles. The number of nitrogens with one attached hydrogen (secondary N) is 1. The van der Waals surface area contributed by atoms with E-state index in [2.05, 4.69) is 5.32 Å². The number of benzene rings is 2. The van der Waals surface area contributed by atoms with Crippen molar-refractivity contribution in [1.82, 2.24) is 5.32 Å². The van der Waals surface area contributed by atoms with Crippen LogP contribution in [-0.2, 0) is 0 Å². The average Bonchev–Trinajstić information content (AvgIpc) is 2.52. The Hall–Kier alpha value is -2.47. The predicted octanol–water partition coefficient (Wildman–Crippen LogP) is 3.92. The van der Waals surface area contributed by atoms with Crippen molar-refractivity contribution in [3.63, 3.8) is 0 Å². The standard InChI is InChI=1S/C16H14ClFN2O3/c1-10(11-5-7-12(8-6-11)20(22)23)9-19-16(21)15-13(17)3-2-4-14(15)18/h2-8,10H,9H2,1H3,(H,19,21). The quantitative estimate of drug-likeness (QED) is 0.664. The summed E-state index contributed by atoms with van der Waals surface area (Å²) in [4.78, 5) is 22.2. The van der Waals surface area contributed by atoms with Crippen molar-refractivity contribution in [1.29, 1.82) is 0 Å². The van der Waals surface area contributed by atoms with Gasteiger partial charge in [0.15, 0.2) is 0 Å². The molecule has 0 aliphatic rings. The lowest BCUT2D eigenvalue weighted by molar-refractivity contribution is -0.384. The molecule has 1 atom stereocenters. The number of halogens is 2. The monoisotopic (exact) mass is 336 g/mol. The minimum absolute atomic E-state index is 0.00289. The van der Waals surface area contributed by atoms with Gasteiger partial charge in [-0.3, -0.25) is 14.9 Å². The first kappa shape index (κ1) is 16.9. The maximum atomic E-state index is 13.7. The maximum Gasteiger partial charge on any atom is 0.269 e. The van der Waals surface area contributed by atoms with Gasteiger partial charge in [0.2, 0.25) is 0 Å². The van der Waals surface area contributed by atoms with Crippen LogP contribution in [0.15, 0.2) is 42.5 Å². The van der Waals surface area contributed by atoms with Crippen molar-refractivity contribution < 1.29 is 14.1 Å². The van der Waals surface area contributed by atoms with Gasteiger partial charge in [-0.05, 0) is 23.6 Å². The molecule has 7 heteroatoms. The zero-order chi connectivity index (χ0) is 17.0. The second-order valence-corrected chi connectivity index (χ2v) is 5.46. The fourth-order valence-corrected chi connectivity index (χ4v) is 2.34. The fourth-order valence-electron chi connectivity index (χ4n) is 2.09. The molecule has 0 aliphatic heterocycles. The Morgan fingerprint density at radius 1 is 1.30 bits per heavy atom. The minimum Gasteiger partial charge on any atom is -0.351 e. The van der Waals surface area contributed by atoms with Crippen molar-refractivity contribution >= 4 is 23.2 Å². The van der Waals surface area contributed by atoms with Gasteiger partial charge < -0.3 is 5.32 Å². The van der Waals surface area contributed by atoms with E-state index in [1.165, 1.54) is 30.3 Å². The van der Waals surface area contributed by atoms with Gasteiger partial charge in [0.25, 0.3) is 11.6 Å². The van der Waals surface area contributed by atoms with Gasteiger partial charge in [-0.15, -0.1) is 0 Å². The van der Waals surface area contributed by atoms with Crippen LogP contribution in [0.25, 0.3) is 0 Å². The summed E-state index contributed by atoms with van der Waals surface area (Å²) >= 11 is 5.84. The zero-order valence-corrected chi connectivity index (χ0v) is 13.0. The number of rotatable bonds is 5. The molecule has 2 rings (SSSR count). The van der Waals surface area contributed by atoms with Crippen LogP contribution in [0.4, 0.5) is 10.1 Å². The van der Waals surface area contributed by atoms with Crippen molar-refractivity contribution in [3.8, 4) is 0 Å². The molecule has 1 amide bonds. The summed E-state index contributed by atoms with van der Waals surface area (Å²) in [6.45, 7) is 2.10. The molecular formula is C16H14ClFN2O3. The van der Waals surface area contributed by atoms with Crippen molar-refractivity contribution in [2.24, 2.45) is 0 Å². The number of nitrogens with zero attached hydrogens (tertiary/aromatic N) is 1. The predicted molar refractivity (Wildman–Crippen MR) is 85.3 cm³/mol. The van der Waals surface area contributed by atoms with Crippen molar-refractivity contribution in [3.05, 3.63) is 74.5 Å². The van der Waals surface area contributed by atoms with E-state index in [1.807, 2.05) is 6.92 Å². The van der Waals surface area contributed by atoms with Gasteiger partial charge in [-0.1, -0.05) is 36.7 Å². The van der Waals surface area contributed by atoms with E-state index < -0.39 is 16.6 Å². The van der Waals surface area contributed by atoms with E-state index in [4.69, 9.17) is 11.6 Å². The highest BCUT2D eigenvalue weighted by molar-refractivity contribution is 6.33. The second-order valence-electron chi connectivity index (χ2n) is 5.06. The second kappa shape index (κ2) is 7.19. The number of hydrogen-bond donors (Lipinski definition) is 1. The Balaban J connectivity index is 2.02. The molecule has 23 heavy (non-hydrogen) atoms. The van der Waals surface area contributed by atoms with Gasteiger partial charge in [0.1, 0.15) is 5.82 Å². The molecule has 0 aromatic heterocycles. The van der Waals surface area contributed by atoms with E-state index in [-0.39, 0.29) is 28.7 Å². The molecule has 0 bridgehead atoms. The number of nitro benzene ring substituents is 1. The summed E-state index contributed by atoms with van der Waals surface area (Å²) in [5.74, 6) is -1.37. The highest BCUT2D eigenvalue weighted by Crippen LogP contribution is 2.21. The molecule has 0 saturated carbocycles. The molecule has 0 radical (unpaired) electrons. The number of hydrogen-bond acceptors (Lipinski definition) is 3. The first-order valence-corrected chi connectivity index (χ1v) is 7.24. The lowest BCUT2D eigenvalue weighted by atomic mass is 10.0. The number of non-ortho nitro benzene ring substituents is 1. The van der Waals surface area contributed by atoms with Crippen LogP contribution >= 0.6 is 11.6 Å². The number of amides is 1. The van der Waals surface area contributed by atoms with Gasteiger partial charge in [-0.25, -0.2) is 4.39 Å². The smallest absolute Gasteiger partial charge is 0.269 e. The van der Waals surface area contributed by atoms with Gasteiger partial charge in [-0.2, -0.15) is 0 Å². The zero-order valence-electron chi connectivity index (χ0n) is 12.3. The summed E-state index contributed by atoms with van der Waals surface area (Å²) in [5, 5.41) is 13.3. The van der Waals surface area contributed by atoms with E-state index >= 15 is 0 Å². The fraction of sp³-hybridized carbons (Fsp3) is 0.188. The van der Waals surface area contributed by atoms with E-state index in [0.717, 1.165) is 5.56 Å². The summed E-state index contributed by atoms with van der Waals surface area (Å²) in [7, 11) is 0. The third-order valence-corrected chi connectivity index (χ3v) is 3.75. The van der Waals surface area contributed by atoms with Crippen LogP contribution in [0.3, 0.4) is 0 Å². The van der Waals surface area contributed by atoms with Crippen molar-refractivity contribution in [2.45, 2.75) is 12.8 Å². The van der Waals surface area contributed by atoms with E-state index in [1.54, 1.807) is 12.1 Å². The molecule has 5 nitrogen and oxygen atoms in total. The van der Waals surface area contributed by atoms with E-state index in [0.29, 0.717) is 0 Å². The summed E-state index contributed by atoms with van der Waals surface area (Å²) in [6.07, 6.45) is 0. The minimum atomic E-state index is -0.682. The number of carbonyl (C=O) groups is 1. The van der Waals surface area contributed by atoms with E-state index in [9.17, 15) is 19.3 Å². The Morgan fingerprint density at radius 3 is 2.52 bits per heavy atom. The Kier molecular flexibility index (Phi) is 5.28. The topological polar surface area (TPSA) is 72.2 Å². The summed E-state index contributed by atoms with van der Waals surface area (Å²) < 4.78 is 13.7. The van der Waals surface area contributed by atoms with Crippen LogP contribution in [0.2, 0.25) is 5.02 Å². The van der Waals surface area contributed by atoms with Crippen LogP contribution in [0.5, 0.6) is 0 Å². The SMILES string of the molecule is CC(CNC(=O)c1c(F)cccc1Cl)c1ccc([N+](=O)[O-])cc1. The molecule has 0 saturated heterocycles. The first-order chi connectivity index (χ1) is 10.9. The lowest BCUT2D eigenvalue weighted by Gasteiger charge is -2.14. The molecule has 1 unspecified atom stereocenters. The van der Waals surface area contributed by atoms with Crippen LogP contribution < -0.4 is 5.32 Å². The molecule has 120 valence electrons. The molecule has 2 aromatic carbocycles. The molecule has 2 aromatic rings. The lowest BCUT2D eigenvalue weighted by Crippen LogP contribution is -2.28. The Bertz CT molecular complexity index is 714. The van der Waals surface area contributed by atoms with Gasteiger partial charge in [0, 0.05) is 18.7 Å². The number of carbonyl (C=O) groups excluding carboxylic acids is 1. The Labute approximate surface area is 137 Å². The largest absolute Gasteiger partial charge is 0.351 e. The molecule has 0 fully saturated rings. The normalized spacial score (nSPS) is 11.8. The molecule has 0 heterocycles. The van der Waals surface area contributed by atoms with Gasteiger partial charge in [0.05, 0.1) is 15.5 Å². The van der Waals surface area contributed by atoms with Crippen molar-refractivity contribution in [2.75, 3.05) is 6.54 Å². The highest BCUT2D eigenvalue weighted by Gasteiger charge is 2.17. The maximum absolute atomic E-state index is 13.7. The van der Waals surface area contributed by atoms with Gasteiger partial charge >= 0.3 is 0 Å². The first-order valence-electron chi connectivity index (χ1n) is 6.86.